The maximum absolute atomic E-state index is 13.1. The Morgan fingerprint density at radius 1 is 1.17 bits per heavy atom. The van der Waals surface area contributed by atoms with Crippen LogP contribution in [0.25, 0.3) is 10.9 Å². The van der Waals surface area contributed by atoms with E-state index in [-0.39, 0.29) is 17.8 Å². The minimum absolute atomic E-state index is 0.147. The molecule has 5 nitrogen and oxygen atoms in total. The van der Waals surface area contributed by atoms with Crippen molar-refractivity contribution in [3.63, 3.8) is 0 Å². The van der Waals surface area contributed by atoms with Gasteiger partial charge in [0.2, 0.25) is 5.78 Å². The number of hydrogen-bond donors (Lipinski definition) is 1. The third-order valence-electron chi connectivity index (χ3n) is 5.92. The molecule has 0 saturated carbocycles. The maximum Gasteiger partial charge on any atom is 0.339 e. The monoisotopic (exact) mass is 390 g/mol. The molecule has 0 aliphatic heterocycles. The van der Waals surface area contributed by atoms with Gasteiger partial charge < -0.3 is 9.72 Å². The van der Waals surface area contributed by atoms with Crippen LogP contribution in [0.1, 0.15) is 59.3 Å². The molecule has 0 fully saturated rings. The number of H-pyrrole nitrogens is 1. The third-order valence-corrected chi connectivity index (χ3v) is 5.92. The Labute approximate surface area is 170 Å². The lowest BCUT2D eigenvalue weighted by atomic mass is 9.70. The number of ether oxygens (including phenoxy) is 1. The Kier molecular flexibility index (Phi) is 4.99. The van der Waals surface area contributed by atoms with Gasteiger partial charge in [0.1, 0.15) is 0 Å². The molecule has 1 aliphatic carbocycles. The summed E-state index contributed by atoms with van der Waals surface area (Å²) in [6, 6.07) is 11.1. The number of para-hydroxylation sites is 1. The lowest BCUT2D eigenvalue weighted by Crippen LogP contribution is -2.29. The summed E-state index contributed by atoms with van der Waals surface area (Å²) in [5, 5.41) is 0.790. The predicted octanol–water partition coefficient (Wildman–Crippen LogP) is 4.75. The van der Waals surface area contributed by atoms with Crippen molar-refractivity contribution in [2.75, 3.05) is 6.61 Å². The molecular formula is C24H26N2O3. The highest BCUT2D eigenvalue weighted by atomic mass is 16.5. The van der Waals surface area contributed by atoms with Gasteiger partial charge in [0.05, 0.1) is 16.8 Å². The molecule has 1 unspecified atom stereocenters. The summed E-state index contributed by atoms with van der Waals surface area (Å²) >= 11 is 0. The standard InChI is InChI=1S/C24H26N2O3/c1-24(2,3)15-10-11-19-17(13-15)22(16-7-4-5-8-18(16)26-19)23(28)29-14-21(27)20-9-6-12-25-20/h4-9,12,15,25H,10-11,13-14H2,1-3H3. The Morgan fingerprint density at radius 3 is 2.69 bits per heavy atom. The highest BCUT2D eigenvalue weighted by Crippen LogP contribution is 2.39. The number of benzene rings is 1. The molecule has 0 amide bonds. The van der Waals surface area contributed by atoms with E-state index in [0.717, 1.165) is 41.4 Å². The summed E-state index contributed by atoms with van der Waals surface area (Å²) in [7, 11) is 0. The highest BCUT2D eigenvalue weighted by molar-refractivity contribution is 6.06. The number of rotatable bonds is 4. The van der Waals surface area contributed by atoms with Crippen LogP contribution in [0.4, 0.5) is 0 Å². The van der Waals surface area contributed by atoms with Gasteiger partial charge in [0.25, 0.3) is 0 Å². The molecule has 0 bridgehead atoms. The lowest BCUT2D eigenvalue weighted by molar-refractivity contribution is 0.0473. The van der Waals surface area contributed by atoms with E-state index in [1.807, 2.05) is 24.3 Å². The topological polar surface area (TPSA) is 72.0 Å². The number of fused-ring (bicyclic) bond motifs is 2. The van der Waals surface area contributed by atoms with Crippen LogP contribution in [0, 0.1) is 11.3 Å². The van der Waals surface area contributed by atoms with Crippen molar-refractivity contribution >= 4 is 22.7 Å². The summed E-state index contributed by atoms with van der Waals surface area (Å²) in [6.07, 6.45) is 4.38. The summed E-state index contributed by atoms with van der Waals surface area (Å²) in [6.45, 7) is 6.44. The minimum Gasteiger partial charge on any atom is -0.454 e. The Balaban J connectivity index is 1.70. The maximum atomic E-state index is 13.1. The first kappa shape index (κ1) is 19.4. The molecule has 0 spiro atoms. The first-order valence-electron chi connectivity index (χ1n) is 10.1. The zero-order chi connectivity index (χ0) is 20.6. The Morgan fingerprint density at radius 2 is 1.97 bits per heavy atom. The minimum atomic E-state index is -0.450. The number of aryl methyl sites for hydroxylation is 1. The van der Waals surface area contributed by atoms with Crippen molar-refractivity contribution in [2.45, 2.75) is 40.0 Å². The van der Waals surface area contributed by atoms with E-state index in [1.165, 1.54) is 0 Å². The van der Waals surface area contributed by atoms with E-state index >= 15 is 0 Å². The number of Topliss-reactive ketones (excluding diaryl/α,β-unsaturated/α-hetero) is 1. The molecular weight excluding hydrogens is 364 g/mol. The molecule has 29 heavy (non-hydrogen) atoms. The van der Waals surface area contributed by atoms with E-state index < -0.39 is 5.97 Å². The van der Waals surface area contributed by atoms with Crippen molar-refractivity contribution in [1.29, 1.82) is 0 Å². The molecule has 0 radical (unpaired) electrons. The van der Waals surface area contributed by atoms with Crippen LogP contribution in [0.2, 0.25) is 0 Å². The van der Waals surface area contributed by atoms with Crippen LogP contribution in [0.3, 0.4) is 0 Å². The summed E-state index contributed by atoms with van der Waals surface area (Å²) in [5.74, 6) is -0.234. The second-order valence-corrected chi connectivity index (χ2v) is 8.82. The van der Waals surface area contributed by atoms with E-state index in [2.05, 4.69) is 25.8 Å². The third kappa shape index (κ3) is 3.82. The van der Waals surface area contributed by atoms with E-state index in [9.17, 15) is 9.59 Å². The van der Waals surface area contributed by atoms with Gasteiger partial charge >= 0.3 is 5.97 Å². The summed E-state index contributed by atoms with van der Waals surface area (Å²) in [5.41, 5.74) is 3.90. The van der Waals surface area contributed by atoms with Crippen molar-refractivity contribution in [2.24, 2.45) is 11.3 Å². The van der Waals surface area contributed by atoms with Gasteiger partial charge in [0.15, 0.2) is 6.61 Å². The van der Waals surface area contributed by atoms with Crippen LogP contribution < -0.4 is 0 Å². The fourth-order valence-electron chi connectivity index (χ4n) is 4.15. The van der Waals surface area contributed by atoms with E-state index in [0.29, 0.717) is 17.2 Å². The largest absolute Gasteiger partial charge is 0.454 e. The second-order valence-electron chi connectivity index (χ2n) is 8.82. The molecule has 3 aromatic rings. The van der Waals surface area contributed by atoms with E-state index in [4.69, 9.17) is 9.72 Å². The molecule has 150 valence electrons. The molecule has 1 aliphatic rings. The second kappa shape index (κ2) is 7.47. The number of ketones is 1. The molecule has 4 rings (SSSR count). The number of esters is 1. The van der Waals surface area contributed by atoms with E-state index in [1.54, 1.807) is 18.3 Å². The average molecular weight is 390 g/mol. The molecule has 1 N–H and O–H groups in total. The van der Waals surface area contributed by atoms with Gasteiger partial charge in [0, 0.05) is 17.3 Å². The van der Waals surface area contributed by atoms with Crippen LogP contribution >= 0.6 is 0 Å². The number of nitrogens with one attached hydrogen (secondary N) is 1. The van der Waals surface area contributed by atoms with Crippen LogP contribution in [0.15, 0.2) is 42.6 Å². The van der Waals surface area contributed by atoms with Crippen molar-refractivity contribution < 1.29 is 14.3 Å². The zero-order valence-electron chi connectivity index (χ0n) is 17.1. The number of aromatic amines is 1. The quantitative estimate of drug-likeness (QED) is 0.515. The fourth-order valence-corrected chi connectivity index (χ4v) is 4.15. The predicted molar refractivity (Wildman–Crippen MR) is 112 cm³/mol. The van der Waals surface area contributed by atoms with Crippen molar-refractivity contribution in [3.05, 3.63) is 65.1 Å². The van der Waals surface area contributed by atoms with Gasteiger partial charge in [-0.15, -0.1) is 0 Å². The summed E-state index contributed by atoms with van der Waals surface area (Å²) in [4.78, 5) is 33.1. The highest BCUT2D eigenvalue weighted by Gasteiger charge is 2.33. The average Bonchev–Trinajstić information content (AvgIpc) is 3.23. The van der Waals surface area contributed by atoms with Crippen LogP contribution in [-0.4, -0.2) is 28.3 Å². The molecule has 5 heteroatoms. The number of carbonyl (C=O) groups excluding carboxylic acids is 2. The molecule has 2 aromatic heterocycles. The zero-order valence-corrected chi connectivity index (χ0v) is 17.1. The molecule has 1 atom stereocenters. The summed E-state index contributed by atoms with van der Waals surface area (Å²) < 4.78 is 5.47. The SMILES string of the molecule is CC(C)(C)C1CCc2nc3ccccc3c(C(=O)OCC(=O)c3ccc[nH]3)c2C1. The Bertz CT molecular complexity index is 1060. The molecule has 1 aromatic carbocycles. The van der Waals surface area contributed by atoms with Crippen molar-refractivity contribution in [3.8, 4) is 0 Å². The smallest absolute Gasteiger partial charge is 0.339 e. The van der Waals surface area contributed by atoms with Gasteiger partial charge in [-0.2, -0.15) is 0 Å². The number of carbonyl (C=O) groups is 2. The fraction of sp³-hybridized carbons (Fsp3) is 0.375. The molecule has 2 heterocycles. The van der Waals surface area contributed by atoms with Gasteiger partial charge in [-0.3, -0.25) is 9.78 Å². The first-order valence-corrected chi connectivity index (χ1v) is 10.1. The van der Waals surface area contributed by atoms with Gasteiger partial charge in [-0.1, -0.05) is 39.0 Å². The Hall–Kier alpha value is -2.95. The number of nitrogens with zero attached hydrogens (tertiary/aromatic N) is 1. The number of pyridine rings is 1. The van der Waals surface area contributed by atoms with Gasteiger partial charge in [-0.25, -0.2) is 4.79 Å². The number of aromatic nitrogens is 2. The van der Waals surface area contributed by atoms with Crippen LogP contribution in [0.5, 0.6) is 0 Å². The first-order chi connectivity index (χ1) is 13.8. The molecule has 0 saturated heterocycles. The lowest BCUT2D eigenvalue weighted by Gasteiger charge is -2.35. The number of hydrogen-bond acceptors (Lipinski definition) is 4. The normalized spacial score (nSPS) is 16.4. The van der Waals surface area contributed by atoms with Crippen molar-refractivity contribution in [1.82, 2.24) is 9.97 Å². The van der Waals surface area contributed by atoms with Crippen LogP contribution in [-0.2, 0) is 17.6 Å². The van der Waals surface area contributed by atoms with Gasteiger partial charge in [-0.05, 0) is 54.4 Å².